The molecule has 0 aliphatic carbocycles. The average Bonchev–Trinajstić information content (AvgIpc) is 2.74. The lowest BCUT2D eigenvalue weighted by atomic mass is 10.1. The summed E-state index contributed by atoms with van der Waals surface area (Å²) in [6, 6.07) is 15.8. The molecule has 0 aliphatic heterocycles. The fourth-order valence-corrected chi connectivity index (χ4v) is 2.70. The van der Waals surface area contributed by atoms with Crippen molar-refractivity contribution in [1.82, 2.24) is 5.32 Å². The third-order valence-electron chi connectivity index (χ3n) is 4.31. The van der Waals surface area contributed by atoms with Gasteiger partial charge < -0.3 is 10.1 Å². The molecule has 0 bridgehead atoms. The maximum Gasteiger partial charge on any atom is 0.306 e. The molecule has 152 valence electrons. The Bertz CT molecular complexity index is 843. The summed E-state index contributed by atoms with van der Waals surface area (Å²) in [5.41, 5.74) is 2.07. The fraction of sp³-hybridized carbons (Fsp3) is 0.304. The molecule has 0 aromatic heterocycles. The van der Waals surface area contributed by atoms with E-state index in [0.717, 1.165) is 18.4 Å². The number of hydrogen-bond donors (Lipinski definition) is 1. The van der Waals surface area contributed by atoms with Crippen LogP contribution in [0, 0.1) is 0 Å². The number of ether oxygens (including phenoxy) is 1. The van der Waals surface area contributed by atoms with Crippen LogP contribution in [0.25, 0.3) is 0 Å². The van der Waals surface area contributed by atoms with Crippen LogP contribution in [0.15, 0.2) is 54.6 Å². The van der Waals surface area contributed by atoms with Crippen LogP contribution in [0.3, 0.4) is 0 Å². The van der Waals surface area contributed by atoms with Gasteiger partial charge in [-0.05, 0) is 18.4 Å². The predicted molar refractivity (Wildman–Crippen MR) is 109 cm³/mol. The number of nitrogens with one attached hydrogen (secondary N) is 1. The first kappa shape index (κ1) is 22.0. The van der Waals surface area contributed by atoms with Gasteiger partial charge in [-0.25, -0.2) is 0 Å². The van der Waals surface area contributed by atoms with Gasteiger partial charge in [-0.1, -0.05) is 54.6 Å². The number of aryl methyl sites for hydroxylation is 1. The Morgan fingerprint density at radius 2 is 1.48 bits per heavy atom. The predicted octanol–water partition coefficient (Wildman–Crippen LogP) is 3.14. The van der Waals surface area contributed by atoms with Gasteiger partial charge >= 0.3 is 5.97 Å². The molecule has 0 spiro atoms. The molecule has 1 amide bonds. The van der Waals surface area contributed by atoms with E-state index in [1.54, 1.807) is 36.4 Å². The average molecular weight is 395 g/mol. The molecule has 6 heteroatoms. The third-order valence-corrected chi connectivity index (χ3v) is 4.31. The van der Waals surface area contributed by atoms with Crippen molar-refractivity contribution in [1.29, 1.82) is 0 Å². The Balaban J connectivity index is 1.70. The van der Waals surface area contributed by atoms with Crippen LogP contribution in [0.1, 0.15) is 52.5 Å². The molecule has 0 saturated carbocycles. The van der Waals surface area contributed by atoms with Gasteiger partial charge in [0.2, 0.25) is 5.91 Å². The summed E-state index contributed by atoms with van der Waals surface area (Å²) in [5, 5.41) is 2.74. The number of carbonyl (C=O) groups is 4. The Labute approximate surface area is 170 Å². The summed E-state index contributed by atoms with van der Waals surface area (Å²) in [6.07, 6.45) is 1.59. The molecule has 2 aromatic rings. The monoisotopic (exact) mass is 395 g/mol. The smallest absolute Gasteiger partial charge is 0.306 e. The molecule has 6 nitrogen and oxygen atoms in total. The highest BCUT2D eigenvalue weighted by Crippen LogP contribution is 2.09. The summed E-state index contributed by atoms with van der Waals surface area (Å²) < 4.78 is 5.00. The highest BCUT2D eigenvalue weighted by atomic mass is 16.5. The zero-order valence-electron chi connectivity index (χ0n) is 16.5. The zero-order chi connectivity index (χ0) is 21.1. The number of carbonyl (C=O) groups excluding carboxylic acids is 4. The van der Waals surface area contributed by atoms with Crippen LogP contribution in [-0.2, 0) is 20.7 Å². The van der Waals surface area contributed by atoms with Crippen molar-refractivity contribution in [3.63, 3.8) is 0 Å². The summed E-state index contributed by atoms with van der Waals surface area (Å²) in [4.78, 5) is 46.8. The van der Waals surface area contributed by atoms with Gasteiger partial charge in [-0.3, -0.25) is 19.2 Å². The van der Waals surface area contributed by atoms with E-state index in [0.29, 0.717) is 17.7 Å². The highest BCUT2D eigenvalue weighted by molar-refractivity contribution is 5.99. The zero-order valence-corrected chi connectivity index (χ0v) is 16.5. The van der Waals surface area contributed by atoms with E-state index in [9.17, 15) is 19.2 Å². The topological polar surface area (TPSA) is 89.5 Å². The molecule has 0 fully saturated rings. The molecule has 0 atom stereocenters. The minimum atomic E-state index is -0.572. The second-order valence-electron chi connectivity index (χ2n) is 6.66. The largest absolute Gasteiger partial charge is 0.457 e. The number of hydrogen-bond acceptors (Lipinski definition) is 5. The van der Waals surface area contributed by atoms with E-state index in [2.05, 4.69) is 5.32 Å². The molecule has 29 heavy (non-hydrogen) atoms. The van der Waals surface area contributed by atoms with Crippen molar-refractivity contribution in [2.75, 3.05) is 13.2 Å². The van der Waals surface area contributed by atoms with Crippen LogP contribution < -0.4 is 5.32 Å². The van der Waals surface area contributed by atoms with Crippen LogP contribution in [0.2, 0.25) is 0 Å². The summed E-state index contributed by atoms with van der Waals surface area (Å²) in [5.74, 6) is -1.05. The van der Waals surface area contributed by atoms with Gasteiger partial charge in [-0.15, -0.1) is 0 Å². The number of esters is 1. The Kier molecular flexibility index (Phi) is 8.76. The van der Waals surface area contributed by atoms with E-state index in [1.165, 1.54) is 6.92 Å². The highest BCUT2D eigenvalue weighted by Gasteiger charge is 2.13. The fourth-order valence-electron chi connectivity index (χ4n) is 2.70. The van der Waals surface area contributed by atoms with Gasteiger partial charge in [0.15, 0.2) is 18.2 Å². The lowest BCUT2D eigenvalue weighted by Crippen LogP contribution is -2.21. The van der Waals surface area contributed by atoms with Crippen molar-refractivity contribution in [2.45, 2.75) is 32.6 Å². The molecule has 0 heterocycles. The van der Waals surface area contributed by atoms with Gasteiger partial charge in [0.25, 0.3) is 0 Å². The van der Waals surface area contributed by atoms with E-state index in [4.69, 9.17) is 4.74 Å². The van der Waals surface area contributed by atoms with E-state index >= 15 is 0 Å². The van der Waals surface area contributed by atoms with Crippen molar-refractivity contribution in [2.24, 2.45) is 0 Å². The summed E-state index contributed by atoms with van der Waals surface area (Å²) in [7, 11) is 0. The lowest BCUT2D eigenvalue weighted by Gasteiger charge is -2.06. The van der Waals surface area contributed by atoms with Crippen molar-refractivity contribution in [3.8, 4) is 0 Å². The van der Waals surface area contributed by atoms with Gasteiger partial charge in [0.05, 0.1) is 6.42 Å². The molecular weight excluding hydrogens is 370 g/mol. The van der Waals surface area contributed by atoms with E-state index in [1.807, 2.05) is 18.2 Å². The molecule has 0 radical (unpaired) electrons. The quantitative estimate of drug-likeness (QED) is 0.359. The Morgan fingerprint density at radius 1 is 0.828 bits per heavy atom. The first-order valence-corrected chi connectivity index (χ1v) is 9.56. The Morgan fingerprint density at radius 3 is 2.14 bits per heavy atom. The van der Waals surface area contributed by atoms with Crippen LogP contribution in [0.4, 0.5) is 0 Å². The SMILES string of the molecule is CC(=O)NCCCc1ccc(C(=O)COC(=O)CCC(=O)c2ccccc2)cc1. The summed E-state index contributed by atoms with van der Waals surface area (Å²) in [6.45, 7) is 1.74. The maximum atomic E-state index is 12.2. The number of Topliss-reactive ketones (excluding diaryl/α,β-unsaturated/α-hetero) is 2. The van der Waals surface area contributed by atoms with Crippen molar-refractivity contribution < 1.29 is 23.9 Å². The first-order chi connectivity index (χ1) is 14.0. The number of amides is 1. The number of benzene rings is 2. The minimum Gasteiger partial charge on any atom is -0.457 e. The van der Waals surface area contributed by atoms with Gasteiger partial charge in [0.1, 0.15) is 0 Å². The number of ketones is 2. The molecule has 2 rings (SSSR count). The number of rotatable bonds is 11. The first-order valence-electron chi connectivity index (χ1n) is 9.56. The summed E-state index contributed by atoms with van der Waals surface area (Å²) >= 11 is 0. The second-order valence-corrected chi connectivity index (χ2v) is 6.66. The molecule has 0 unspecified atom stereocenters. The molecule has 1 N–H and O–H groups in total. The molecule has 2 aromatic carbocycles. The molecule has 0 aliphatic rings. The van der Waals surface area contributed by atoms with Gasteiger partial charge in [-0.2, -0.15) is 0 Å². The standard InChI is InChI=1S/C23H25NO5/c1-17(25)24-15-5-6-18-9-11-20(12-10-18)22(27)16-29-23(28)14-13-21(26)19-7-3-2-4-8-19/h2-4,7-12H,5-6,13-16H2,1H3,(H,24,25). The minimum absolute atomic E-state index is 0.0459. The Hall–Kier alpha value is -3.28. The van der Waals surface area contributed by atoms with Crippen molar-refractivity contribution in [3.05, 3.63) is 71.3 Å². The third kappa shape index (κ3) is 8.09. The van der Waals surface area contributed by atoms with E-state index in [-0.39, 0.29) is 36.9 Å². The van der Waals surface area contributed by atoms with Crippen LogP contribution in [-0.4, -0.2) is 36.6 Å². The van der Waals surface area contributed by atoms with Crippen LogP contribution in [0.5, 0.6) is 0 Å². The normalized spacial score (nSPS) is 10.2. The van der Waals surface area contributed by atoms with Crippen LogP contribution >= 0.6 is 0 Å². The molecule has 0 saturated heterocycles. The van der Waals surface area contributed by atoms with E-state index < -0.39 is 5.97 Å². The van der Waals surface area contributed by atoms with Crippen molar-refractivity contribution >= 4 is 23.4 Å². The lowest BCUT2D eigenvalue weighted by molar-refractivity contribution is -0.142. The molecular formula is C23H25NO5. The van der Waals surface area contributed by atoms with Gasteiger partial charge in [0, 0.05) is 31.0 Å². The maximum absolute atomic E-state index is 12.2. The second kappa shape index (κ2) is 11.5.